The van der Waals surface area contributed by atoms with Gasteiger partial charge in [-0.2, -0.15) is 10.2 Å². The van der Waals surface area contributed by atoms with Gasteiger partial charge >= 0.3 is 0 Å². The van der Waals surface area contributed by atoms with Crippen LogP contribution in [-0.2, 0) is 11.2 Å². The third kappa shape index (κ3) is 3.59. The number of nitrogens with one attached hydrogen (secondary N) is 2. The van der Waals surface area contributed by atoms with Crippen LogP contribution in [0.5, 0.6) is 0 Å². The lowest BCUT2D eigenvalue weighted by atomic mass is 9.75. The third-order valence-electron chi connectivity index (χ3n) is 4.66. The van der Waals surface area contributed by atoms with Gasteiger partial charge in [-0.05, 0) is 12.0 Å². The van der Waals surface area contributed by atoms with Gasteiger partial charge in [0.25, 0.3) is 0 Å². The van der Waals surface area contributed by atoms with E-state index < -0.39 is 0 Å². The summed E-state index contributed by atoms with van der Waals surface area (Å²) >= 11 is 0. The summed E-state index contributed by atoms with van der Waals surface area (Å²) < 4.78 is 0. The first kappa shape index (κ1) is 15.7. The first-order valence-electron chi connectivity index (χ1n) is 8.09. The fraction of sp³-hybridized carbons (Fsp3) is 0.500. The van der Waals surface area contributed by atoms with Gasteiger partial charge < -0.3 is 10.6 Å². The normalized spacial score (nSPS) is 19.4. The highest BCUT2D eigenvalue weighted by atomic mass is 16.2. The molecule has 1 amide bonds. The molecular formula is C18H22N4O. The molecule has 5 nitrogen and oxygen atoms in total. The molecule has 2 aliphatic heterocycles. The number of terminal acetylenes is 1. The number of carbonyl (C=O) groups excluding carboxylic acids is 1. The maximum absolute atomic E-state index is 12.6. The van der Waals surface area contributed by atoms with Gasteiger partial charge in [-0.25, -0.2) is 0 Å². The molecule has 5 heteroatoms. The molecule has 0 radical (unpaired) electrons. The van der Waals surface area contributed by atoms with Gasteiger partial charge in [0, 0.05) is 38.9 Å². The molecule has 0 bridgehead atoms. The van der Waals surface area contributed by atoms with E-state index in [1.165, 1.54) is 5.56 Å². The van der Waals surface area contributed by atoms with Crippen LogP contribution < -0.4 is 10.6 Å². The molecule has 0 aromatic heterocycles. The van der Waals surface area contributed by atoms with Gasteiger partial charge in [0.2, 0.25) is 5.91 Å². The maximum Gasteiger partial charge on any atom is 0.229 e. The largest absolute Gasteiger partial charge is 0.355 e. The smallest absolute Gasteiger partial charge is 0.229 e. The summed E-state index contributed by atoms with van der Waals surface area (Å²) in [6.07, 6.45) is 8.23. The van der Waals surface area contributed by atoms with Crippen LogP contribution >= 0.6 is 0 Å². The van der Waals surface area contributed by atoms with Crippen molar-refractivity contribution in [2.24, 2.45) is 15.6 Å². The van der Waals surface area contributed by atoms with E-state index in [4.69, 9.17) is 6.42 Å². The van der Waals surface area contributed by atoms with E-state index in [0.717, 1.165) is 32.4 Å². The lowest BCUT2D eigenvalue weighted by Crippen LogP contribution is -2.62. The molecule has 2 N–H and O–H groups in total. The molecule has 0 unspecified atom stereocenters. The molecule has 1 aromatic rings. The van der Waals surface area contributed by atoms with Crippen molar-refractivity contribution in [1.29, 1.82) is 0 Å². The second-order valence-electron chi connectivity index (χ2n) is 6.44. The zero-order valence-corrected chi connectivity index (χ0v) is 13.2. The first-order valence-corrected chi connectivity index (χ1v) is 8.09. The zero-order valence-electron chi connectivity index (χ0n) is 13.2. The van der Waals surface area contributed by atoms with Gasteiger partial charge in [-0.1, -0.05) is 30.3 Å². The molecule has 1 aromatic carbocycles. The van der Waals surface area contributed by atoms with E-state index in [1.54, 1.807) is 0 Å². The summed E-state index contributed by atoms with van der Waals surface area (Å²) in [5, 5.41) is 14.5. The van der Waals surface area contributed by atoms with Crippen LogP contribution in [0, 0.1) is 17.8 Å². The van der Waals surface area contributed by atoms with E-state index in [-0.39, 0.29) is 17.0 Å². The fourth-order valence-electron chi connectivity index (χ4n) is 3.01. The molecule has 1 saturated heterocycles. The Labute approximate surface area is 137 Å². The summed E-state index contributed by atoms with van der Waals surface area (Å²) in [6, 6.07) is 10.2. The van der Waals surface area contributed by atoms with Crippen molar-refractivity contribution in [2.45, 2.75) is 31.3 Å². The van der Waals surface area contributed by atoms with E-state index >= 15 is 0 Å². The molecule has 1 fully saturated rings. The summed E-state index contributed by atoms with van der Waals surface area (Å²) in [5.74, 6) is 2.74. The number of nitrogens with zero attached hydrogens (tertiary/aromatic N) is 2. The van der Waals surface area contributed by atoms with Gasteiger partial charge in [0.15, 0.2) is 5.66 Å². The van der Waals surface area contributed by atoms with Crippen molar-refractivity contribution < 1.29 is 4.79 Å². The predicted octanol–water partition coefficient (Wildman–Crippen LogP) is 1.90. The minimum absolute atomic E-state index is 0.118. The Kier molecular flexibility index (Phi) is 4.44. The molecular weight excluding hydrogens is 288 g/mol. The van der Waals surface area contributed by atoms with E-state index in [0.29, 0.717) is 13.0 Å². The van der Waals surface area contributed by atoms with Crippen molar-refractivity contribution in [3.63, 3.8) is 0 Å². The highest BCUT2D eigenvalue weighted by Crippen LogP contribution is 2.36. The Morgan fingerprint density at radius 3 is 2.57 bits per heavy atom. The van der Waals surface area contributed by atoms with Crippen LogP contribution in [0.1, 0.15) is 24.8 Å². The molecule has 0 spiro atoms. The molecule has 0 atom stereocenters. The van der Waals surface area contributed by atoms with Gasteiger partial charge in [-0.15, -0.1) is 12.3 Å². The van der Waals surface area contributed by atoms with Crippen LogP contribution in [0.15, 0.2) is 40.6 Å². The first-order chi connectivity index (χ1) is 11.2. The number of amides is 1. The van der Waals surface area contributed by atoms with Gasteiger partial charge in [-0.3, -0.25) is 4.79 Å². The van der Waals surface area contributed by atoms with Crippen LogP contribution in [0.25, 0.3) is 0 Å². The van der Waals surface area contributed by atoms with Crippen molar-refractivity contribution in [3.05, 3.63) is 35.9 Å². The second kappa shape index (κ2) is 6.51. The van der Waals surface area contributed by atoms with E-state index in [9.17, 15) is 4.79 Å². The van der Waals surface area contributed by atoms with Crippen molar-refractivity contribution >= 4 is 5.91 Å². The van der Waals surface area contributed by atoms with Crippen LogP contribution in [0.3, 0.4) is 0 Å². The average Bonchev–Trinajstić information content (AvgIpc) is 3.30. The summed E-state index contributed by atoms with van der Waals surface area (Å²) in [7, 11) is 0. The lowest BCUT2D eigenvalue weighted by Gasteiger charge is -2.41. The number of benzene rings is 1. The van der Waals surface area contributed by atoms with Crippen LogP contribution in [-0.4, -0.2) is 31.2 Å². The molecule has 120 valence electrons. The van der Waals surface area contributed by atoms with Crippen LogP contribution in [0.4, 0.5) is 0 Å². The molecule has 2 heterocycles. The number of hydrogen-bond donors (Lipinski definition) is 2. The number of hydrogen-bond acceptors (Lipinski definition) is 4. The second-order valence-corrected chi connectivity index (χ2v) is 6.44. The van der Waals surface area contributed by atoms with Crippen molar-refractivity contribution in [1.82, 2.24) is 10.6 Å². The highest BCUT2D eigenvalue weighted by Gasteiger charge is 2.45. The third-order valence-corrected chi connectivity index (χ3v) is 4.66. The monoisotopic (exact) mass is 310 g/mol. The molecule has 23 heavy (non-hydrogen) atoms. The van der Waals surface area contributed by atoms with Gasteiger partial charge in [0.1, 0.15) is 0 Å². The SMILES string of the molecule is C#CCCC1(CCNC(=O)C2(Cc3ccccc3)CNC2)N=N1. The average molecular weight is 310 g/mol. The van der Waals surface area contributed by atoms with Crippen LogP contribution in [0.2, 0.25) is 0 Å². The fourth-order valence-corrected chi connectivity index (χ4v) is 3.01. The summed E-state index contributed by atoms with van der Waals surface area (Å²) in [5.41, 5.74) is 0.539. The Bertz CT molecular complexity index is 622. The standard InChI is InChI=1S/C18H22N4O/c1-2-3-9-18(21-22-18)10-11-20-16(23)17(13-19-14-17)12-15-7-5-4-6-8-15/h1,4-8,19H,3,9-14H2,(H,20,23). The summed E-state index contributed by atoms with van der Waals surface area (Å²) in [6.45, 7) is 2.04. The van der Waals surface area contributed by atoms with Gasteiger partial charge in [0.05, 0.1) is 5.41 Å². The Morgan fingerprint density at radius 2 is 2.00 bits per heavy atom. The van der Waals surface area contributed by atoms with E-state index in [2.05, 4.69) is 38.9 Å². The Morgan fingerprint density at radius 1 is 1.26 bits per heavy atom. The molecule has 0 aliphatic carbocycles. The summed E-state index contributed by atoms with van der Waals surface area (Å²) in [4.78, 5) is 12.6. The molecule has 2 aliphatic rings. The Balaban J connectivity index is 1.50. The zero-order chi connectivity index (χ0) is 16.2. The molecule has 0 saturated carbocycles. The maximum atomic E-state index is 12.6. The van der Waals surface area contributed by atoms with Crippen molar-refractivity contribution in [3.8, 4) is 12.3 Å². The quantitative estimate of drug-likeness (QED) is 0.720. The number of carbonyl (C=O) groups is 1. The highest BCUT2D eigenvalue weighted by molar-refractivity contribution is 5.84. The minimum atomic E-state index is -0.329. The Hall–Kier alpha value is -2.19. The van der Waals surface area contributed by atoms with E-state index in [1.807, 2.05) is 18.2 Å². The molecule has 3 rings (SSSR count). The lowest BCUT2D eigenvalue weighted by molar-refractivity contribution is -0.133. The number of rotatable bonds is 8. The van der Waals surface area contributed by atoms with Crippen molar-refractivity contribution in [2.75, 3.05) is 19.6 Å². The topological polar surface area (TPSA) is 65.8 Å². The predicted molar refractivity (Wildman–Crippen MR) is 88.7 cm³/mol. The minimum Gasteiger partial charge on any atom is -0.355 e.